The highest BCUT2D eigenvalue weighted by molar-refractivity contribution is 8.15. The van der Waals surface area contributed by atoms with Crippen molar-refractivity contribution >= 4 is 37.0 Å². The number of ether oxygens (including phenoxy) is 1. The second-order valence-electron chi connectivity index (χ2n) is 2.46. The number of carbonyl (C=O) groups is 1. The Hall–Kier alpha value is -0.590. The molecule has 1 aromatic rings. The highest BCUT2D eigenvalue weighted by Crippen LogP contribution is 2.28. The molecule has 4 nitrogen and oxygen atoms in total. The number of aryl methyl sites for hydroxylation is 1. The highest BCUT2D eigenvalue weighted by atomic mass is 35.7. The number of methoxy groups -OCH3 is 1. The normalized spacial score (nSPS) is 11.4. The van der Waals surface area contributed by atoms with E-state index in [0.29, 0.717) is 4.88 Å². The van der Waals surface area contributed by atoms with E-state index in [4.69, 9.17) is 10.7 Å². The zero-order chi connectivity index (χ0) is 10.9. The van der Waals surface area contributed by atoms with Gasteiger partial charge in [0.15, 0.2) is 0 Å². The van der Waals surface area contributed by atoms with E-state index in [0.717, 1.165) is 11.3 Å². The summed E-state index contributed by atoms with van der Waals surface area (Å²) in [4.78, 5) is 11.7. The minimum Gasteiger partial charge on any atom is -0.465 e. The van der Waals surface area contributed by atoms with E-state index in [2.05, 4.69) is 4.74 Å². The van der Waals surface area contributed by atoms with Gasteiger partial charge in [-0.3, -0.25) is 0 Å². The standard InChI is InChI=1S/C7H7ClO4S2/c1-4-5(7(9)12-2)3-6(13-4)14(8,10)11/h3H,1-2H3. The van der Waals surface area contributed by atoms with E-state index >= 15 is 0 Å². The first kappa shape index (κ1) is 11.5. The average molecular weight is 255 g/mol. The quantitative estimate of drug-likeness (QED) is 0.596. The summed E-state index contributed by atoms with van der Waals surface area (Å²) in [5.41, 5.74) is 0.233. The molecule has 0 amide bonds. The summed E-state index contributed by atoms with van der Waals surface area (Å²) < 4.78 is 26.3. The largest absolute Gasteiger partial charge is 0.465 e. The van der Waals surface area contributed by atoms with Gasteiger partial charge in [-0.25, -0.2) is 13.2 Å². The Morgan fingerprint density at radius 2 is 2.14 bits per heavy atom. The maximum atomic E-state index is 11.1. The van der Waals surface area contributed by atoms with Gasteiger partial charge in [0.25, 0.3) is 9.05 Å². The Balaban J connectivity index is 3.25. The molecule has 0 N–H and O–H groups in total. The molecule has 1 rings (SSSR count). The van der Waals surface area contributed by atoms with E-state index in [9.17, 15) is 13.2 Å². The van der Waals surface area contributed by atoms with Crippen LogP contribution in [0.4, 0.5) is 0 Å². The van der Waals surface area contributed by atoms with E-state index in [1.54, 1.807) is 6.92 Å². The monoisotopic (exact) mass is 254 g/mol. The molecule has 0 bridgehead atoms. The summed E-state index contributed by atoms with van der Waals surface area (Å²) in [6, 6.07) is 1.22. The van der Waals surface area contributed by atoms with Crippen molar-refractivity contribution in [3.8, 4) is 0 Å². The topological polar surface area (TPSA) is 60.4 Å². The molecule has 0 saturated carbocycles. The Morgan fingerprint density at radius 1 is 1.57 bits per heavy atom. The van der Waals surface area contributed by atoms with Crippen molar-refractivity contribution in [2.45, 2.75) is 11.1 Å². The predicted molar refractivity (Wildman–Crippen MR) is 53.4 cm³/mol. The van der Waals surface area contributed by atoms with Gasteiger partial charge in [-0.2, -0.15) is 0 Å². The van der Waals surface area contributed by atoms with Gasteiger partial charge in [0, 0.05) is 15.6 Å². The minimum atomic E-state index is -3.76. The fourth-order valence-electron chi connectivity index (χ4n) is 0.888. The molecule has 0 aliphatic rings. The lowest BCUT2D eigenvalue weighted by atomic mass is 10.3. The van der Waals surface area contributed by atoms with Gasteiger partial charge in [0.05, 0.1) is 12.7 Å². The average Bonchev–Trinajstić information content (AvgIpc) is 2.45. The van der Waals surface area contributed by atoms with E-state index in [1.807, 2.05) is 0 Å². The van der Waals surface area contributed by atoms with Gasteiger partial charge in [0.2, 0.25) is 0 Å². The minimum absolute atomic E-state index is 0.0444. The molecular formula is C7H7ClO4S2. The first-order valence-electron chi connectivity index (χ1n) is 3.49. The molecule has 14 heavy (non-hydrogen) atoms. The van der Waals surface area contributed by atoms with Crippen LogP contribution >= 0.6 is 22.0 Å². The van der Waals surface area contributed by atoms with Crippen LogP contribution in [0.2, 0.25) is 0 Å². The molecule has 1 aromatic heterocycles. The Bertz CT molecular complexity index is 460. The molecule has 78 valence electrons. The van der Waals surface area contributed by atoms with Gasteiger partial charge in [-0.15, -0.1) is 11.3 Å². The second kappa shape index (κ2) is 3.88. The third kappa shape index (κ3) is 2.26. The molecular weight excluding hydrogens is 248 g/mol. The molecule has 0 unspecified atom stereocenters. The zero-order valence-corrected chi connectivity index (χ0v) is 9.79. The van der Waals surface area contributed by atoms with Crippen LogP contribution in [0.15, 0.2) is 10.3 Å². The first-order valence-corrected chi connectivity index (χ1v) is 6.62. The van der Waals surface area contributed by atoms with Crippen LogP contribution in [0.5, 0.6) is 0 Å². The zero-order valence-electron chi connectivity index (χ0n) is 7.40. The van der Waals surface area contributed by atoms with Gasteiger partial charge in [0.1, 0.15) is 4.21 Å². The third-order valence-electron chi connectivity index (χ3n) is 1.54. The summed E-state index contributed by atoms with van der Waals surface area (Å²) in [7, 11) is 2.59. The molecule has 0 saturated heterocycles. The lowest BCUT2D eigenvalue weighted by molar-refractivity contribution is 0.0600. The molecule has 7 heteroatoms. The number of hydrogen-bond acceptors (Lipinski definition) is 5. The molecule has 1 heterocycles. The number of carbonyl (C=O) groups excluding carboxylic acids is 1. The fraction of sp³-hybridized carbons (Fsp3) is 0.286. The molecule has 0 aromatic carbocycles. The lowest BCUT2D eigenvalue weighted by Gasteiger charge is -1.94. The van der Waals surface area contributed by atoms with Crippen molar-refractivity contribution in [2.24, 2.45) is 0 Å². The van der Waals surface area contributed by atoms with Crippen LogP contribution in [-0.4, -0.2) is 21.5 Å². The highest BCUT2D eigenvalue weighted by Gasteiger charge is 2.19. The summed E-state index contributed by atoms with van der Waals surface area (Å²) in [6.07, 6.45) is 0. The van der Waals surface area contributed by atoms with E-state index < -0.39 is 15.0 Å². The second-order valence-corrected chi connectivity index (χ2v) is 6.51. The van der Waals surface area contributed by atoms with Crippen LogP contribution in [0, 0.1) is 6.92 Å². The molecule has 0 aliphatic heterocycles. The molecule has 0 radical (unpaired) electrons. The van der Waals surface area contributed by atoms with Gasteiger partial charge >= 0.3 is 5.97 Å². The van der Waals surface area contributed by atoms with Crippen molar-refractivity contribution in [1.82, 2.24) is 0 Å². The van der Waals surface area contributed by atoms with E-state index in [1.165, 1.54) is 13.2 Å². The summed E-state index contributed by atoms with van der Waals surface area (Å²) >= 11 is 0.944. The molecule has 0 aliphatic carbocycles. The number of rotatable bonds is 2. The third-order valence-corrected chi connectivity index (χ3v) is 4.67. The summed E-state index contributed by atoms with van der Waals surface area (Å²) in [5, 5.41) is 0. The van der Waals surface area contributed by atoms with Crippen molar-refractivity contribution in [3.05, 3.63) is 16.5 Å². The molecule has 0 atom stereocenters. The summed E-state index contributed by atoms with van der Waals surface area (Å²) in [6.45, 7) is 1.63. The van der Waals surface area contributed by atoms with Crippen molar-refractivity contribution < 1.29 is 17.9 Å². The Labute approximate surface area is 89.9 Å². The van der Waals surface area contributed by atoms with Crippen molar-refractivity contribution in [2.75, 3.05) is 7.11 Å². The fourth-order valence-corrected chi connectivity index (χ4v) is 3.07. The summed E-state index contributed by atoms with van der Waals surface area (Å²) in [5.74, 6) is -0.565. The molecule has 0 spiro atoms. The van der Waals surface area contributed by atoms with Crippen LogP contribution in [-0.2, 0) is 13.8 Å². The van der Waals surface area contributed by atoms with Crippen LogP contribution < -0.4 is 0 Å². The Morgan fingerprint density at radius 3 is 2.50 bits per heavy atom. The lowest BCUT2D eigenvalue weighted by Crippen LogP contribution is -2.00. The van der Waals surface area contributed by atoms with Gasteiger partial charge < -0.3 is 4.74 Å². The smallest absolute Gasteiger partial charge is 0.339 e. The Kier molecular flexibility index (Phi) is 3.18. The number of hydrogen-bond donors (Lipinski definition) is 0. The molecule has 0 fully saturated rings. The van der Waals surface area contributed by atoms with Crippen molar-refractivity contribution in [3.63, 3.8) is 0 Å². The maximum absolute atomic E-state index is 11.1. The number of thiophene rings is 1. The van der Waals surface area contributed by atoms with Crippen LogP contribution in [0.25, 0.3) is 0 Å². The van der Waals surface area contributed by atoms with Gasteiger partial charge in [-0.1, -0.05) is 0 Å². The first-order chi connectivity index (χ1) is 6.36. The van der Waals surface area contributed by atoms with E-state index in [-0.39, 0.29) is 9.77 Å². The van der Waals surface area contributed by atoms with Crippen LogP contribution in [0.1, 0.15) is 15.2 Å². The number of halogens is 1. The van der Waals surface area contributed by atoms with Gasteiger partial charge in [-0.05, 0) is 13.0 Å². The predicted octanol–water partition coefficient (Wildman–Crippen LogP) is 1.77. The van der Waals surface area contributed by atoms with Crippen molar-refractivity contribution in [1.29, 1.82) is 0 Å². The SMILES string of the molecule is COC(=O)c1cc(S(=O)(=O)Cl)sc1C. The maximum Gasteiger partial charge on any atom is 0.339 e. The van der Waals surface area contributed by atoms with Crippen LogP contribution in [0.3, 0.4) is 0 Å². The number of esters is 1.